The molecular formula is C14H20N2O2. The average Bonchev–Trinajstić information content (AvgIpc) is 2.81. The molecule has 4 nitrogen and oxygen atoms in total. The van der Waals surface area contributed by atoms with Gasteiger partial charge in [0.25, 0.3) is 0 Å². The molecule has 98 valence electrons. The second-order valence-corrected chi connectivity index (χ2v) is 4.63. The van der Waals surface area contributed by atoms with E-state index >= 15 is 0 Å². The Morgan fingerprint density at radius 2 is 2.33 bits per heavy atom. The van der Waals surface area contributed by atoms with Crippen LogP contribution in [-0.2, 0) is 11.2 Å². The van der Waals surface area contributed by atoms with Crippen molar-refractivity contribution in [2.75, 3.05) is 18.0 Å². The lowest BCUT2D eigenvalue weighted by Crippen LogP contribution is -2.27. The molecule has 0 radical (unpaired) electrons. The summed E-state index contributed by atoms with van der Waals surface area (Å²) >= 11 is 0. The van der Waals surface area contributed by atoms with Crippen LogP contribution >= 0.6 is 0 Å². The van der Waals surface area contributed by atoms with E-state index in [2.05, 4.69) is 0 Å². The zero-order chi connectivity index (χ0) is 13.1. The van der Waals surface area contributed by atoms with Crippen molar-refractivity contribution in [3.8, 4) is 0 Å². The Labute approximate surface area is 107 Å². The Morgan fingerprint density at radius 3 is 3.00 bits per heavy atom. The topological polar surface area (TPSA) is 66.6 Å². The number of fused-ring (bicyclic) bond motifs is 1. The van der Waals surface area contributed by atoms with E-state index in [1.807, 2.05) is 30.0 Å². The average molecular weight is 248 g/mol. The third-order valence-corrected chi connectivity index (χ3v) is 3.43. The van der Waals surface area contributed by atoms with E-state index in [0.29, 0.717) is 19.4 Å². The molecule has 0 aliphatic carbocycles. The second kappa shape index (κ2) is 5.50. The summed E-state index contributed by atoms with van der Waals surface area (Å²) in [5, 5.41) is 9.91. The fourth-order valence-corrected chi connectivity index (χ4v) is 2.40. The van der Waals surface area contributed by atoms with Gasteiger partial charge in [-0.25, -0.2) is 0 Å². The third-order valence-electron chi connectivity index (χ3n) is 3.43. The summed E-state index contributed by atoms with van der Waals surface area (Å²) in [5.74, 6) is 0.156. The highest BCUT2D eigenvalue weighted by Crippen LogP contribution is 2.31. The Balaban J connectivity index is 2.22. The highest BCUT2D eigenvalue weighted by atomic mass is 16.3. The summed E-state index contributed by atoms with van der Waals surface area (Å²) in [6, 6.07) is 5.82. The van der Waals surface area contributed by atoms with Gasteiger partial charge in [0.2, 0.25) is 5.91 Å². The van der Waals surface area contributed by atoms with Crippen molar-refractivity contribution in [3.05, 3.63) is 29.3 Å². The second-order valence-electron chi connectivity index (χ2n) is 4.63. The first-order chi connectivity index (χ1) is 8.67. The monoisotopic (exact) mass is 248 g/mol. The maximum atomic E-state index is 11.8. The summed E-state index contributed by atoms with van der Waals surface area (Å²) in [7, 11) is 0. The van der Waals surface area contributed by atoms with Gasteiger partial charge in [-0.3, -0.25) is 4.79 Å². The van der Waals surface area contributed by atoms with Crippen molar-refractivity contribution < 1.29 is 9.90 Å². The van der Waals surface area contributed by atoms with Gasteiger partial charge in [-0.1, -0.05) is 19.1 Å². The molecule has 0 spiro atoms. The van der Waals surface area contributed by atoms with Crippen LogP contribution < -0.4 is 10.6 Å². The molecule has 3 N–H and O–H groups in total. The van der Waals surface area contributed by atoms with Crippen molar-refractivity contribution in [3.63, 3.8) is 0 Å². The number of amides is 1. The van der Waals surface area contributed by atoms with Crippen molar-refractivity contribution in [1.82, 2.24) is 0 Å². The highest BCUT2D eigenvalue weighted by molar-refractivity contribution is 5.95. The summed E-state index contributed by atoms with van der Waals surface area (Å²) in [4.78, 5) is 13.6. The predicted molar refractivity (Wildman–Crippen MR) is 71.4 cm³/mol. The van der Waals surface area contributed by atoms with Gasteiger partial charge in [-0.05, 0) is 36.6 Å². The van der Waals surface area contributed by atoms with Crippen LogP contribution in [-0.4, -0.2) is 24.1 Å². The molecule has 1 amide bonds. The van der Waals surface area contributed by atoms with Crippen LogP contribution in [0.4, 0.5) is 5.69 Å². The lowest BCUT2D eigenvalue weighted by atomic mass is 10.0. The van der Waals surface area contributed by atoms with Crippen molar-refractivity contribution in [2.24, 2.45) is 5.73 Å². The number of aliphatic hydroxyl groups excluding tert-OH is 1. The van der Waals surface area contributed by atoms with Crippen LogP contribution in [0.1, 0.15) is 37.0 Å². The molecule has 1 aliphatic rings. The molecular weight excluding hydrogens is 228 g/mol. The van der Waals surface area contributed by atoms with Crippen LogP contribution in [0.25, 0.3) is 0 Å². The summed E-state index contributed by atoms with van der Waals surface area (Å²) in [6.45, 7) is 3.09. The minimum atomic E-state index is -0.503. The third kappa shape index (κ3) is 2.40. The first-order valence-electron chi connectivity index (χ1n) is 6.48. The maximum Gasteiger partial charge on any atom is 0.226 e. The van der Waals surface area contributed by atoms with Crippen LogP contribution in [0.3, 0.4) is 0 Å². The van der Waals surface area contributed by atoms with Crippen LogP contribution in [0, 0.1) is 0 Å². The number of carbonyl (C=O) groups is 1. The quantitative estimate of drug-likeness (QED) is 0.845. The van der Waals surface area contributed by atoms with Crippen molar-refractivity contribution in [1.29, 1.82) is 0 Å². The first-order valence-corrected chi connectivity index (χ1v) is 6.48. The Hall–Kier alpha value is -1.39. The number of carbonyl (C=O) groups excluding carboxylic acids is 1. The minimum absolute atomic E-state index is 0.156. The molecule has 0 bridgehead atoms. The van der Waals surface area contributed by atoms with Crippen LogP contribution in [0.15, 0.2) is 18.2 Å². The van der Waals surface area contributed by atoms with Gasteiger partial charge in [-0.2, -0.15) is 0 Å². The number of nitrogens with two attached hydrogens (primary N) is 1. The molecule has 1 aromatic rings. The molecule has 18 heavy (non-hydrogen) atoms. The Bertz CT molecular complexity index is 445. The fourth-order valence-electron chi connectivity index (χ4n) is 2.40. The van der Waals surface area contributed by atoms with Crippen molar-refractivity contribution >= 4 is 11.6 Å². The number of hydrogen-bond acceptors (Lipinski definition) is 3. The Kier molecular flexibility index (Phi) is 3.99. The molecule has 1 aliphatic heterocycles. The molecule has 1 aromatic carbocycles. The molecule has 0 saturated heterocycles. The van der Waals surface area contributed by atoms with Crippen LogP contribution in [0.5, 0.6) is 0 Å². The van der Waals surface area contributed by atoms with E-state index in [1.165, 1.54) is 0 Å². The van der Waals surface area contributed by atoms with Gasteiger partial charge in [-0.15, -0.1) is 0 Å². The largest absolute Gasteiger partial charge is 0.388 e. The molecule has 1 heterocycles. The Morgan fingerprint density at radius 1 is 1.56 bits per heavy atom. The zero-order valence-electron chi connectivity index (χ0n) is 10.7. The first kappa shape index (κ1) is 13.1. The molecule has 0 aromatic heterocycles. The van der Waals surface area contributed by atoms with Gasteiger partial charge in [0.15, 0.2) is 0 Å². The summed E-state index contributed by atoms with van der Waals surface area (Å²) < 4.78 is 0. The molecule has 4 heteroatoms. The lowest BCUT2D eigenvalue weighted by molar-refractivity contribution is -0.118. The molecule has 0 saturated carbocycles. The zero-order valence-corrected chi connectivity index (χ0v) is 10.7. The van der Waals surface area contributed by atoms with E-state index in [4.69, 9.17) is 5.73 Å². The molecule has 1 unspecified atom stereocenters. The number of benzene rings is 1. The normalized spacial score (nSPS) is 15.6. The van der Waals surface area contributed by atoms with Gasteiger partial charge in [0.05, 0.1) is 6.10 Å². The maximum absolute atomic E-state index is 11.8. The predicted octanol–water partition coefficient (Wildman–Crippen LogP) is 1.37. The standard InChI is InChI=1S/C14H20N2O2/c1-2-14(18)16-8-6-10-9-11(3-4-12(10)16)13(17)5-7-15/h3-4,9,13,17H,2,5-8,15H2,1H3. The fraction of sp³-hybridized carbons (Fsp3) is 0.500. The van der Waals surface area contributed by atoms with Gasteiger partial charge in [0.1, 0.15) is 0 Å². The number of hydrogen-bond donors (Lipinski definition) is 2. The molecule has 0 fully saturated rings. The summed E-state index contributed by atoms with van der Waals surface area (Å²) in [6.07, 6.45) is 1.45. The van der Waals surface area contributed by atoms with Gasteiger partial charge < -0.3 is 15.7 Å². The van der Waals surface area contributed by atoms with E-state index < -0.39 is 6.10 Å². The van der Waals surface area contributed by atoms with Crippen molar-refractivity contribution in [2.45, 2.75) is 32.3 Å². The minimum Gasteiger partial charge on any atom is -0.388 e. The van der Waals surface area contributed by atoms with E-state index in [9.17, 15) is 9.90 Å². The smallest absolute Gasteiger partial charge is 0.226 e. The van der Waals surface area contributed by atoms with Gasteiger partial charge >= 0.3 is 0 Å². The number of anilines is 1. The van der Waals surface area contributed by atoms with E-state index in [-0.39, 0.29) is 5.91 Å². The summed E-state index contributed by atoms with van der Waals surface area (Å²) in [5.41, 5.74) is 8.48. The number of aliphatic hydroxyl groups is 1. The van der Waals surface area contributed by atoms with E-state index in [1.54, 1.807) is 0 Å². The highest BCUT2D eigenvalue weighted by Gasteiger charge is 2.24. The lowest BCUT2D eigenvalue weighted by Gasteiger charge is -2.17. The molecule has 2 rings (SSSR count). The van der Waals surface area contributed by atoms with Crippen LogP contribution in [0.2, 0.25) is 0 Å². The SMILES string of the molecule is CCC(=O)N1CCc2cc(C(O)CCN)ccc21. The number of nitrogens with zero attached hydrogens (tertiary/aromatic N) is 1. The van der Waals surface area contributed by atoms with E-state index in [0.717, 1.165) is 29.8 Å². The number of rotatable bonds is 4. The van der Waals surface area contributed by atoms with Gasteiger partial charge in [0, 0.05) is 18.7 Å². The molecule has 1 atom stereocenters.